The van der Waals surface area contributed by atoms with E-state index in [0.717, 1.165) is 22.9 Å². The molecule has 1 N–H and O–H groups in total. The average Bonchev–Trinajstić information content (AvgIpc) is 2.50. The summed E-state index contributed by atoms with van der Waals surface area (Å²) in [5.74, 6) is -0.202. The van der Waals surface area contributed by atoms with Gasteiger partial charge in [-0.2, -0.15) is 5.10 Å². The quantitative estimate of drug-likeness (QED) is 0.643. The first-order valence-corrected chi connectivity index (χ1v) is 7.58. The van der Waals surface area contributed by atoms with Crippen molar-refractivity contribution in [1.29, 1.82) is 0 Å². The molecule has 4 heteroatoms. The Bertz CT molecular complexity index is 638. The highest BCUT2D eigenvalue weighted by Crippen LogP contribution is 2.17. The molecule has 1 amide bonds. The van der Waals surface area contributed by atoms with Crippen molar-refractivity contribution in [2.75, 3.05) is 0 Å². The second-order valence-corrected chi connectivity index (χ2v) is 5.60. The molecule has 2 aromatic rings. The maximum Gasteiger partial charge on any atom is 0.271 e. The highest BCUT2D eigenvalue weighted by atomic mass is 79.9. The minimum atomic E-state index is -0.202. The number of nitrogens with one attached hydrogen (secondary N) is 1. The van der Waals surface area contributed by atoms with Crippen LogP contribution in [0.2, 0.25) is 0 Å². The molecule has 0 heterocycles. The summed E-state index contributed by atoms with van der Waals surface area (Å²) >= 11 is 3.41. The van der Waals surface area contributed by atoms with Crippen molar-refractivity contribution in [2.24, 2.45) is 5.10 Å². The van der Waals surface area contributed by atoms with E-state index >= 15 is 0 Å². The molecule has 0 saturated carbocycles. The van der Waals surface area contributed by atoms with Crippen LogP contribution in [-0.4, -0.2) is 12.1 Å². The van der Waals surface area contributed by atoms with Gasteiger partial charge in [0, 0.05) is 16.3 Å². The molecule has 108 valence electrons. The third kappa shape index (κ3) is 4.83. The number of carbonyl (C=O) groups excluding carboxylic acids is 1. The van der Waals surface area contributed by atoms with Crippen molar-refractivity contribution in [2.45, 2.75) is 19.8 Å². The lowest BCUT2D eigenvalue weighted by molar-refractivity contribution is 0.0955. The summed E-state index contributed by atoms with van der Waals surface area (Å²) in [5.41, 5.74) is 5.49. The Kier molecular flexibility index (Phi) is 5.69. The van der Waals surface area contributed by atoms with Crippen LogP contribution in [0.3, 0.4) is 0 Å². The van der Waals surface area contributed by atoms with E-state index < -0.39 is 0 Å². The molecule has 0 aromatic heterocycles. The molecule has 0 unspecified atom stereocenters. The van der Waals surface area contributed by atoms with Crippen molar-refractivity contribution in [3.8, 4) is 0 Å². The van der Waals surface area contributed by atoms with E-state index in [0.29, 0.717) is 5.56 Å². The fraction of sp³-hybridized carbons (Fsp3) is 0.176. The minimum Gasteiger partial charge on any atom is -0.267 e. The van der Waals surface area contributed by atoms with E-state index in [1.807, 2.05) is 31.2 Å². The predicted molar refractivity (Wildman–Crippen MR) is 89.6 cm³/mol. The van der Waals surface area contributed by atoms with Gasteiger partial charge in [-0.3, -0.25) is 4.79 Å². The van der Waals surface area contributed by atoms with Crippen LogP contribution in [0, 0.1) is 6.92 Å². The molecular formula is C17H17BrN2O. The Balaban J connectivity index is 1.80. The number of halogens is 1. The van der Waals surface area contributed by atoms with Gasteiger partial charge in [-0.15, -0.1) is 0 Å². The van der Waals surface area contributed by atoms with Crippen molar-refractivity contribution in [3.05, 3.63) is 69.7 Å². The van der Waals surface area contributed by atoms with Crippen molar-refractivity contribution < 1.29 is 4.79 Å². The Morgan fingerprint density at radius 3 is 2.71 bits per heavy atom. The van der Waals surface area contributed by atoms with Crippen LogP contribution in [0.15, 0.2) is 58.1 Å². The molecule has 0 fully saturated rings. The summed E-state index contributed by atoms with van der Waals surface area (Å²) in [6.45, 7) is 1.98. The second kappa shape index (κ2) is 7.74. The zero-order valence-electron chi connectivity index (χ0n) is 11.8. The molecule has 0 saturated heterocycles. The summed E-state index contributed by atoms with van der Waals surface area (Å²) in [4.78, 5) is 11.9. The molecule has 0 radical (unpaired) electrons. The van der Waals surface area contributed by atoms with E-state index in [2.05, 4.69) is 38.6 Å². The fourth-order valence-corrected chi connectivity index (χ4v) is 2.22. The van der Waals surface area contributed by atoms with Gasteiger partial charge in [0.25, 0.3) is 5.91 Å². The number of hydrazone groups is 1. The molecular weight excluding hydrogens is 328 g/mol. The van der Waals surface area contributed by atoms with Crippen molar-refractivity contribution >= 4 is 28.1 Å². The Morgan fingerprint density at radius 2 is 2.00 bits per heavy atom. The molecule has 0 aliphatic carbocycles. The Labute approximate surface area is 133 Å². The maximum atomic E-state index is 11.9. The molecule has 0 bridgehead atoms. The lowest BCUT2D eigenvalue weighted by Crippen LogP contribution is -2.17. The van der Waals surface area contributed by atoms with E-state index in [1.54, 1.807) is 18.3 Å². The van der Waals surface area contributed by atoms with Gasteiger partial charge in [0.05, 0.1) is 0 Å². The summed E-state index contributed by atoms with van der Waals surface area (Å²) in [7, 11) is 0. The number of hydrogen-bond donors (Lipinski definition) is 1. The standard InChI is InChI=1S/C17H17BrN2O/c1-13-9-10-15(12-16(13)18)17(21)20-19-11-5-8-14-6-3-2-4-7-14/h2-4,6-7,9-12H,5,8H2,1H3,(H,20,21). The largest absolute Gasteiger partial charge is 0.271 e. The molecule has 21 heavy (non-hydrogen) atoms. The van der Waals surface area contributed by atoms with Crippen molar-refractivity contribution in [3.63, 3.8) is 0 Å². The molecule has 3 nitrogen and oxygen atoms in total. The molecule has 2 aromatic carbocycles. The highest BCUT2D eigenvalue weighted by Gasteiger charge is 2.05. The summed E-state index contributed by atoms with van der Waals surface area (Å²) in [5, 5.41) is 3.97. The number of rotatable bonds is 5. The SMILES string of the molecule is Cc1ccc(C(=O)NN=CCCc2ccccc2)cc1Br. The number of hydrogen-bond acceptors (Lipinski definition) is 2. The lowest BCUT2D eigenvalue weighted by atomic mass is 10.1. The number of nitrogens with zero attached hydrogens (tertiary/aromatic N) is 1. The first-order valence-electron chi connectivity index (χ1n) is 6.79. The van der Waals surface area contributed by atoms with E-state index in [1.165, 1.54) is 5.56 Å². The Hall–Kier alpha value is -1.94. The topological polar surface area (TPSA) is 41.5 Å². The second-order valence-electron chi connectivity index (χ2n) is 4.74. The monoisotopic (exact) mass is 344 g/mol. The van der Waals surface area contributed by atoms with Gasteiger partial charge in [0.2, 0.25) is 0 Å². The number of amides is 1. The number of aryl methyl sites for hydroxylation is 2. The first kappa shape index (κ1) is 15.4. The molecule has 2 rings (SSSR count). The zero-order valence-corrected chi connectivity index (χ0v) is 13.4. The van der Waals surface area contributed by atoms with Crippen LogP contribution in [0.1, 0.15) is 27.9 Å². The molecule has 0 aliphatic heterocycles. The number of benzene rings is 2. The maximum absolute atomic E-state index is 11.9. The average molecular weight is 345 g/mol. The lowest BCUT2D eigenvalue weighted by Gasteiger charge is -2.02. The van der Waals surface area contributed by atoms with Gasteiger partial charge in [0.1, 0.15) is 0 Å². The van der Waals surface area contributed by atoms with Crippen molar-refractivity contribution in [1.82, 2.24) is 5.43 Å². The molecule has 0 aliphatic rings. The van der Waals surface area contributed by atoms with E-state index in [9.17, 15) is 4.79 Å². The first-order chi connectivity index (χ1) is 10.2. The summed E-state index contributed by atoms with van der Waals surface area (Å²) in [6, 6.07) is 15.7. The molecule has 0 atom stereocenters. The number of carbonyl (C=O) groups is 1. The van der Waals surface area contributed by atoms with E-state index in [4.69, 9.17) is 0 Å². The van der Waals surface area contributed by atoms with Crippen LogP contribution in [0.5, 0.6) is 0 Å². The van der Waals surface area contributed by atoms with Gasteiger partial charge in [-0.1, -0.05) is 52.3 Å². The van der Waals surface area contributed by atoms with Crippen LogP contribution in [0.25, 0.3) is 0 Å². The van der Waals surface area contributed by atoms with Gasteiger partial charge < -0.3 is 0 Å². The van der Waals surface area contributed by atoms with Crippen LogP contribution in [-0.2, 0) is 6.42 Å². The smallest absolute Gasteiger partial charge is 0.267 e. The van der Waals surface area contributed by atoms with Gasteiger partial charge in [-0.25, -0.2) is 5.43 Å². The summed E-state index contributed by atoms with van der Waals surface area (Å²) < 4.78 is 0.920. The van der Waals surface area contributed by atoms with Crippen LogP contribution >= 0.6 is 15.9 Å². The third-order valence-corrected chi connectivity index (χ3v) is 3.95. The van der Waals surface area contributed by atoms with Crippen LogP contribution < -0.4 is 5.43 Å². The van der Waals surface area contributed by atoms with Gasteiger partial charge in [-0.05, 0) is 43.0 Å². The predicted octanol–water partition coefficient (Wildman–Crippen LogP) is 4.11. The summed E-state index contributed by atoms with van der Waals surface area (Å²) in [6.07, 6.45) is 3.44. The molecule has 0 spiro atoms. The normalized spacial score (nSPS) is 10.8. The Morgan fingerprint density at radius 1 is 1.24 bits per heavy atom. The zero-order chi connectivity index (χ0) is 15.1. The van der Waals surface area contributed by atoms with E-state index in [-0.39, 0.29) is 5.91 Å². The van der Waals surface area contributed by atoms with Gasteiger partial charge >= 0.3 is 0 Å². The fourth-order valence-electron chi connectivity index (χ4n) is 1.84. The van der Waals surface area contributed by atoms with Crippen LogP contribution in [0.4, 0.5) is 0 Å². The highest BCUT2D eigenvalue weighted by molar-refractivity contribution is 9.10. The third-order valence-electron chi connectivity index (χ3n) is 3.10. The minimum absolute atomic E-state index is 0.202. The van der Waals surface area contributed by atoms with Gasteiger partial charge in [0.15, 0.2) is 0 Å².